The molecule has 1 rings (SSSR count). The Bertz CT molecular complexity index is 408. The highest BCUT2D eigenvalue weighted by Gasteiger charge is 2.15. The molecule has 1 N–H and O–H groups in total. The van der Waals surface area contributed by atoms with Gasteiger partial charge in [-0.3, -0.25) is 4.79 Å². The van der Waals surface area contributed by atoms with Crippen LogP contribution in [0.4, 0.5) is 10.1 Å². The van der Waals surface area contributed by atoms with Gasteiger partial charge in [-0.05, 0) is 12.1 Å². The van der Waals surface area contributed by atoms with Gasteiger partial charge in [-0.25, -0.2) is 4.39 Å². The molecule has 0 spiro atoms. The Morgan fingerprint density at radius 3 is 2.53 bits per heavy atom. The molecule has 0 aliphatic rings. The number of methoxy groups -OCH3 is 1. The average Bonchev–Trinajstić information content (AvgIpc) is 2.31. The van der Waals surface area contributed by atoms with Gasteiger partial charge in [0.25, 0.3) is 0 Å². The van der Waals surface area contributed by atoms with Crippen LogP contribution in [0.2, 0.25) is 10.0 Å². The highest BCUT2D eigenvalue weighted by Crippen LogP contribution is 2.27. The molecule has 0 aliphatic carbocycles. The van der Waals surface area contributed by atoms with Crippen LogP contribution < -0.4 is 5.32 Å². The van der Waals surface area contributed by atoms with Crippen molar-refractivity contribution >= 4 is 50.8 Å². The van der Waals surface area contributed by atoms with Crippen LogP contribution in [0.25, 0.3) is 0 Å². The number of benzene rings is 1. The molecule has 0 radical (unpaired) electrons. The quantitative estimate of drug-likeness (QED) is 0.516. The van der Waals surface area contributed by atoms with Crippen molar-refractivity contribution in [3.8, 4) is 0 Å². The van der Waals surface area contributed by atoms with E-state index in [1.54, 1.807) is 0 Å². The molecule has 0 saturated heterocycles. The summed E-state index contributed by atoms with van der Waals surface area (Å²) in [6, 6.07) is 2.78. The van der Waals surface area contributed by atoms with E-state index in [2.05, 4.69) is 26.0 Å². The molecule has 1 atom stereocenters. The van der Waals surface area contributed by atoms with Crippen molar-refractivity contribution in [1.29, 1.82) is 0 Å². The monoisotopic (exact) mass is 343 g/mol. The lowest BCUT2D eigenvalue weighted by atomic mass is 10.3. The van der Waals surface area contributed by atoms with Crippen molar-refractivity contribution in [3.05, 3.63) is 28.0 Å². The van der Waals surface area contributed by atoms with Crippen LogP contribution in [-0.2, 0) is 9.53 Å². The number of alkyl halides is 1. The zero-order valence-electron chi connectivity index (χ0n) is 8.77. The SMILES string of the molecule is COC(=O)C(Br)CNc1cc(Cl)c(F)c(Cl)c1. The number of hydrogen-bond donors (Lipinski definition) is 1. The van der Waals surface area contributed by atoms with Crippen LogP contribution in [-0.4, -0.2) is 24.5 Å². The Morgan fingerprint density at radius 1 is 1.53 bits per heavy atom. The first kappa shape index (κ1) is 14.5. The normalized spacial score (nSPS) is 12.1. The van der Waals surface area contributed by atoms with Gasteiger partial charge in [0, 0.05) is 12.2 Å². The summed E-state index contributed by atoms with van der Waals surface area (Å²) in [6.45, 7) is 0.269. The van der Waals surface area contributed by atoms with Gasteiger partial charge in [0.2, 0.25) is 0 Å². The van der Waals surface area contributed by atoms with E-state index in [9.17, 15) is 9.18 Å². The Hall–Kier alpha value is -0.520. The third kappa shape index (κ3) is 4.01. The summed E-state index contributed by atoms with van der Waals surface area (Å²) in [7, 11) is 1.29. The largest absolute Gasteiger partial charge is 0.468 e. The van der Waals surface area contributed by atoms with Crippen LogP contribution >= 0.6 is 39.1 Å². The van der Waals surface area contributed by atoms with Crippen molar-refractivity contribution in [3.63, 3.8) is 0 Å². The Morgan fingerprint density at radius 2 is 2.06 bits per heavy atom. The smallest absolute Gasteiger partial charge is 0.321 e. The number of carbonyl (C=O) groups excluding carboxylic acids is 1. The first-order valence-electron chi connectivity index (χ1n) is 4.56. The van der Waals surface area contributed by atoms with Gasteiger partial charge in [-0.1, -0.05) is 39.1 Å². The summed E-state index contributed by atoms with van der Waals surface area (Å²) in [6.07, 6.45) is 0. The van der Waals surface area contributed by atoms with E-state index in [0.717, 1.165) is 0 Å². The summed E-state index contributed by atoms with van der Waals surface area (Å²) in [5.74, 6) is -1.07. The van der Waals surface area contributed by atoms with Crippen LogP contribution in [0.5, 0.6) is 0 Å². The predicted molar refractivity (Wildman–Crippen MR) is 69.6 cm³/mol. The second-order valence-electron chi connectivity index (χ2n) is 3.13. The predicted octanol–water partition coefficient (Wildman–Crippen LogP) is 3.48. The van der Waals surface area contributed by atoms with E-state index >= 15 is 0 Å². The van der Waals surface area contributed by atoms with Crippen molar-refractivity contribution in [2.75, 3.05) is 19.0 Å². The highest BCUT2D eigenvalue weighted by molar-refractivity contribution is 9.10. The lowest BCUT2D eigenvalue weighted by molar-refractivity contribution is -0.139. The number of esters is 1. The minimum Gasteiger partial charge on any atom is -0.468 e. The molecule has 94 valence electrons. The summed E-state index contributed by atoms with van der Waals surface area (Å²) >= 11 is 14.4. The summed E-state index contributed by atoms with van der Waals surface area (Å²) in [5, 5.41) is 2.73. The van der Waals surface area contributed by atoms with Gasteiger partial charge < -0.3 is 10.1 Å². The Balaban J connectivity index is 2.67. The van der Waals surface area contributed by atoms with Crippen molar-refractivity contribution in [1.82, 2.24) is 0 Å². The standard InChI is InChI=1S/C10H9BrCl2FNO2/c1-17-10(16)6(11)4-15-5-2-7(12)9(14)8(13)3-5/h2-3,6,15H,4H2,1H3. The number of rotatable bonds is 4. The number of nitrogens with one attached hydrogen (secondary N) is 1. The lowest BCUT2D eigenvalue weighted by Crippen LogP contribution is -2.24. The molecule has 1 aromatic rings. The molecule has 1 aromatic carbocycles. The summed E-state index contributed by atoms with van der Waals surface area (Å²) in [5.41, 5.74) is 0.523. The lowest BCUT2D eigenvalue weighted by Gasteiger charge is -2.11. The summed E-state index contributed by atoms with van der Waals surface area (Å²) in [4.78, 5) is 10.6. The number of ether oxygens (including phenoxy) is 1. The zero-order valence-corrected chi connectivity index (χ0v) is 11.9. The molecule has 0 aromatic heterocycles. The van der Waals surface area contributed by atoms with Gasteiger partial charge >= 0.3 is 5.97 Å². The molecule has 7 heteroatoms. The van der Waals surface area contributed by atoms with Gasteiger partial charge in [0.1, 0.15) is 4.83 Å². The minimum absolute atomic E-state index is 0.0795. The maximum atomic E-state index is 13.1. The zero-order chi connectivity index (χ0) is 13.0. The molecule has 0 amide bonds. The topological polar surface area (TPSA) is 38.3 Å². The van der Waals surface area contributed by atoms with Crippen LogP contribution in [0.3, 0.4) is 0 Å². The summed E-state index contributed by atoms with van der Waals surface area (Å²) < 4.78 is 17.6. The minimum atomic E-state index is -0.665. The maximum absolute atomic E-state index is 13.1. The first-order chi connectivity index (χ1) is 7.95. The number of carbonyl (C=O) groups is 1. The molecule has 17 heavy (non-hydrogen) atoms. The third-order valence-electron chi connectivity index (χ3n) is 1.93. The van der Waals surface area contributed by atoms with E-state index in [1.165, 1.54) is 19.2 Å². The van der Waals surface area contributed by atoms with Crippen molar-refractivity contribution in [2.24, 2.45) is 0 Å². The molecule has 0 fully saturated rings. The van der Waals surface area contributed by atoms with Gasteiger partial charge in [0.15, 0.2) is 5.82 Å². The molecule has 0 saturated carbocycles. The number of hydrogen-bond acceptors (Lipinski definition) is 3. The molecular formula is C10H9BrCl2FNO2. The number of anilines is 1. The molecule has 3 nitrogen and oxygen atoms in total. The van der Waals surface area contributed by atoms with E-state index in [-0.39, 0.29) is 16.6 Å². The Kier molecular flexibility index (Phi) is 5.49. The third-order valence-corrected chi connectivity index (χ3v) is 3.17. The van der Waals surface area contributed by atoms with E-state index in [1.807, 2.05) is 0 Å². The van der Waals surface area contributed by atoms with Crippen LogP contribution in [0, 0.1) is 5.82 Å². The van der Waals surface area contributed by atoms with Gasteiger partial charge in [0.05, 0.1) is 17.2 Å². The fourth-order valence-electron chi connectivity index (χ4n) is 1.08. The number of halogens is 4. The van der Waals surface area contributed by atoms with Crippen LogP contribution in [0.1, 0.15) is 0 Å². The first-order valence-corrected chi connectivity index (χ1v) is 6.23. The average molecular weight is 345 g/mol. The molecule has 0 bridgehead atoms. The van der Waals surface area contributed by atoms with E-state index in [0.29, 0.717) is 5.69 Å². The molecule has 0 aliphatic heterocycles. The molecule has 1 unspecified atom stereocenters. The molecular weight excluding hydrogens is 336 g/mol. The highest BCUT2D eigenvalue weighted by atomic mass is 79.9. The maximum Gasteiger partial charge on any atom is 0.321 e. The van der Waals surface area contributed by atoms with Crippen molar-refractivity contribution < 1.29 is 13.9 Å². The second-order valence-corrected chi connectivity index (χ2v) is 5.05. The second kappa shape index (κ2) is 6.42. The van der Waals surface area contributed by atoms with Gasteiger partial charge in [-0.15, -0.1) is 0 Å². The van der Waals surface area contributed by atoms with E-state index < -0.39 is 16.6 Å². The van der Waals surface area contributed by atoms with E-state index in [4.69, 9.17) is 23.2 Å². The fraction of sp³-hybridized carbons (Fsp3) is 0.300. The molecule has 0 heterocycles. The van der Waals surface area contributed by atoms with Gasteiger partial charge in [-0.2, -0.15) is 0 Å². The Labute approximate surface area is 116 Å². The van der Waals surface area contributed by atoms with Crippen LogP contribution in [0.15, 0.2) is 12.1 Å². The van der Waals surface area contributed by atoms with Crippen molar-refractivity contribution in [2.45, 2.75) is 4.83 Å². The fourth-order valence-corrected chi connectivity index (χ4v) is 1.91.